The Labute approximate surface area is 84.1 Å². The summed E-state index contributed by atoms with van der Waals surface area (Å²) in [6, 6.07) is 9.33. The van der Waals surface area contributed by atoms with E-state index in [0.29, 0.717) is 6.42 Å². The predicted molar refractivity (Wildman–Crippen MR) is 53.7 cm³/mol. The first-order valence-corrected chi connectivity index (χ1v) is 4.76. The van der Waals surface area contributed by atoms with Crippen molar-refractivity contribution < 1.29 is 8.78 Å². The van der Waals surface area contributed by atoms with Crippen LogP contribution in [0.4, 0.5) is 8.78 Å². The van der Waals surface area contributed by atoms with Crippen LogP contribution in [0, 0.1) is 0 Å². The van der Waals surface area contributed by atoms with Crippen LogP contribution in [0.15, 0.2) is 30.3 Å². The molecular weight excluding hydrogens is 273 g/mol. The molecule has 1 aromatic rings. The van der Waals surface area contributed by atoms with Crippen LogP contribution < -0.4 is 0 Å². The van der Waals surface area contributed by atoms with E-state index in [0.717, 1.165) is 5.56 Å². The van der Waals surface area contributed by atoms with Crippen molar-refractivity contribution in [2.24, 2.45) is 0 Å². The van der Waals surface area contributed by atoms with Crippen molar-refractivity contribution in [1.29, 1.82) is 0 Å². The van der Waals surface area contributed by atoms with Gasteiger partial charge in [-0.1, -0.05) is 30.3 Å². The molecule has 3 heteroatoms. The Morgan fingerprint density at radius 1 is 1.17 bits per heavy atom. The van der Waals surface area contributed by atoms with Gasteiger partial charge in [0.05, 0.1) is 0 Å². The monoisotopic (exact) mass is 282 g/mol. The molecule has 0 spiro atoms. The molecule has 0 heterocycles. The lowest BCUT2D eigenvalue weighted by Gasteiger charge is -2.07. The molecule has 0 unspecified atom stereocenters. The van der Waals surface area contributed by atoms with Gasteiger partial charge in [0.2, 0.25) is 0 Å². The van der Waals surface area contributed by atoms with Crippen LogP contribution >= 0.6 is 22.6 Å². The molecule has 0 N–H and O–H groups in total. The second kappa shape index (κ2) is 4.16. The van der Waals surface area contributed by atoms with Gasteiger partial charge in [-0.05, 0) is 34.6 Å². The van der Waals surface area contributed by atoms with E-state index in [9.17, 15) is 8.78 Å². The average Bonchev–Trinajstić information content (AvgIpc) is 2.02. The predicted octanol–water partition coefficient (Wildman–Crippen LogP) is 3.65. The lowest BCUT2D eigenvalue weighted by Crippen LogP contribution is -2.05. The van der Waals surface area contributed by atoms with E-state index in [1.807, 2.05) is 30.3 Å². The number of hydrogen-bond donors (Lipinski definition) is 0. The quantitative estimate of drug-likeness (QED) is 0.586. The number of alkyl halides is 3. The van der Waals surface area contributed by atoms with Crippen LogP contribution in [0.3, 0.4) is 0 Å². The summed E-state index contributed by atoms with van der Waals surface area (Å²) >= 11 is 1.17. The van der Waals surface area contributed by atoms with Gasteiger partial charge < -0.3 is 0 Å². The molecule has 0 bridgehead atoms. The summed E-state index contributed by atoms with van der Waals surface area (Å²) in [5, 5.41) is 0. The van der Waals surface area contributed by atoms with Gasteiger partial charge in [0.1, 0.15) is 0 Å². The van der Waals surface area contributed by atoms with Gasteiger partial charge in [-0.2, -0.15) is 8.78 Å². The molecule has 0 fully saturated rings. The zero-order valence-electron chi connectivity index (χ0n) is 6.43. The molecule has 0 saturated heterocycles. The van der Waals surface area contributed by atoms with E-state index in [1.54, 1.807) is 0 Å². The minimum Gasteiger partial charge on any atom is -0.195 e. The van der Waals surface area contributed by atoms with Gasteiger partial charge in [-0.3, -0.25) is 0 Å². The van der Waals surface area contributed by atoms with Crippen molar-refractivity contribution in [2.45, 2.75) is 16.8 Å². The maximum absolute atomic E-state index is 12.4. The highest BCUT2D eigenvalue weighted by molar-refractivity contribution is 14.1. The number of benzene rings is 1. The minimum absolute atomic E-state index is 0.0857. The van der Waals surface area contributed by atoms with E-state index in [-0.39, 0.29) is 6.42 Å². The first-order chi connectivity index (χ1) is 5.58. The molecule has 0 aliphatic carbocycles. The molecule has 0 amide bonds. The molecule has 1 aromatic carbocycles. The van der Waals surface area contributed by atoms with E-state index < -0.39 is 3.93 Å². The fraction of sp³-hybridized carbons (Fsp3) is 0.333. The van der Waals surface area contributed by atoms with Gasteiger partial charge in [0.25, 0.3) is 3.93 Å². The van der Waals surface area contributed by atoms with Crippen molar-refractivity contribution in [2.75, 3.05) is 0 Å². The normalized spacial score (nSPS) is 11.6. The van der Waals surface area contributed by atoms with Crippen LogP contribution in [0.25, 0.3) is 0 Å². The molecule has 66 valence electrons. The third-order valence-electron chi connectivity index (χ3n) is 1.54. The Hall–Kier alpha value is -0.190. The average molecular weight is 282 g/mol. The van der Waals surface area contributed by atoms with Crippen LogP contribution in [-0.4, -0.2) is 3.93 Å². The van der Waals surface area contributed by atoms with Crippen molar-refractivity contribution in [3.63, 3.8) is 0 Å². The molecular formula is C9H9F2I. The summed E-state index contributed by atoms with van der Waals surface area (Å²) in [4.78, 5) is 0. The molecule has 1 rings (SSSR count). The zero-order valence-corrected chi connectivity index (χ0v) is 8.59. The summed E-state index contributed by atoms with van der Waals surface area (Å²) in [7, 11) is 0. The molecule has 0 radical (unpaired) electrons. The summed E-state index contributed by atoms with van der Waals surface area (Å²) in [5.41, 5.74) is 0.967. The number of rotatable bonds is 3. The van der Waals surface area contributed by atoms with Gasteiger partial charge in [0, 0.05) is 6.42 Å². The molecule has 12 heavy (non-hydrogen) atoms. The third kappa shape index (κ3) is 3.99. The van der Waals surface area contributed by atoms with Crippen LogP contribution in [0.5, 0.6) is 0 Å². The Kier molecular flexibility index (Phi) is 3.43. The van der Waals surface area contributed by atoms with Crippen molar-refractivity contribution in [3.8, 4) is 0 Å². The molecule has 0 aromatic heterocycles. The number of hydrogen-bond acceptors (Lipinski definition) is 0. The smallest absolute Gasteiger partial charge is 0.195 e. The fourth-order valence-corrected chi connectivity index (χ4v) is 1.20. The van der Waals surface area contributed by atoms with Crippen molar-refractivity contribution in [3.05, 3.63) is 35.9 Å². The summed E-state index contributed by atoms with van der Waals surface area (Å²) in [6.07, 6.45) is 0.356. The third-order valence-corrected chi connectivity index (χ3v) is 2.08. The van der Waals surface area contributed by atoms with Gasteiger partial charge in [-0.15, -0.1) is 0 Å². The Morgan fingerprint density at radius 3 is 2.25 bits per heavy atom. The highest BCUT2D eigenvalue weighted by Gasteiger charge is 2.22. The molecule has 0 aliphatic heterocycles. The summed E-state index contributed by atoms with van der Waals surface area (Å²) < 4.78 is 22.2. The lowest BCUT2D eigenvalue weighted by molar-refractivity contribution is 0.117. The highest BCUT2D eigenvalue weighted by atomic mass is 127. The fourth-order valence-electron chi connectivity index (χ4n) is 0.931. The van der Waals surface area contributed by atoms with Crippen LogP contribution in [-0.2, 0) is 6.42 Å². The van der Waals surface area contributed by atoms with E-state index in [4.69, 9.17) is 0 Å². The van der Waals surface area contributed by atoms with E-state index in [2.05, 4.69) is 0 Å². The Balaban J connectivity index is 2.44. The maximum atomic E-state index is 12.4. The Morgan fingerprint density at radius 2 is 1.75 bits per heavy atom. The van der Waals surface area contributed by atoms with Crippen molar-refractivity contribution >= 4 is 22.6 Å². The standard InChI is InChI=1S/C9H9F2I/c10-9(11,12)7-6-8-4-2-1-3-5-8/h1-5H,6-7H2. The minimum atomic E-state index is -2.58. The molecule has 0 aliphatic rings. The van der Waals surface area contributed by atoms with Crippen LogP contribution in [0.2, 0.25) is 0 Å². The molecule has 0 saturated carbocycles. The highest BCUT2D eigenvalue weighted by Crippen LogP contribution is 2.27. The maximum Gasteiger partial charge on any atom is 0.296 e. The van der Waals surface area contributed by atoms with Gasteiger partial charge in [-0.25, -0.2) is 0 Å². The van der Waals surface area contributed by atoms with E-state index >= 15 is 0 Å². The number of aryl methyl sites for hydroxylation is 1. The topological polar surface area (TPSA) is 0 Å². The first-order valence-electron chi connectivity index (χ1n) is 3.68. The lowest BCUT2D eigenvalue weighted by atomic mass is 10.1. The van der Waals surface area contributed by atoms with Crippen molar-refractivity contribution in [1.82, 2.24) is 0 Å². The second-order valence-electron chi connectivity index (χ2n) is 2.60. The first kappa shape index (κ1) is 9.89. The second-order valence-corrected chi connectivity index (χ2v) is 4.18. The SMILES string of the molecule is FC(F)(I)CCc1ccccc1. The zero-order chi connectivity index (χ0) is 9.03. The molecule has 0 nitrogen and oxygen atoms in total. The molecule has 0 atom stereocenters. The largest absolute Gasteiger partial charge is 0.296 e. The summed E-state index contributed by atoms with van der Waals surface area (Å²) in [6.45, 7) is 0. The van der Waals surface area contributed by atoms with Gasteiger partial charge >= 0.3 is 0 Å². The Bertz CT molecular complexity index is 228. The number of halogens is 3. The van der Waals surface area contributed by atoms with Gasteiger partial charge in [0.15, 0.2) is 0 Å². The van der Waals surface area contributed by atoms with Crippen LogP contribution in [0.1, 0.15) is 12.0 Å². The summed E-state index contributed by atoms with van der Waals surface area (Å²) in [5.74, 6) is 0. The van der Waals surface area contributed by atoms with E-state index in [1.165, 1.54) is 22.6 Å².